The fourth-order valence-corrected chi connectivity index (χ4v) is 6.00. The molecule has 1 aliphatic rings. The smallest absolute Gasteiger partial charge is 0.434 e. The van der Waals surface area contributed by atoms with E-state index in [1.165, 1.54) is 24.5 Å². The van der Waals surface area contributed by atoms with E-state index in [2.05, 4.69) is 20.6 Å². The summed E-state index contributed by atoms with van der Waals surface area (Å²) in [6, 6.07) is 5.12. The van der Waals surface area contributed by atoms with Crippen LogP contribution < -0.4 is 16.1 Å². The van der Waals surface area contributed by atoms with Gasteiger partial charge in [0.2, 0.25) is 5.43 Å². The number of thiazole rings is 1. The zero-order valence-electron chi connectivity index (χ0n) is 22.2. The van der Waals surface area contributed by atoms with Crippen LogP contribution in [-0.2, 0) is 6.18 Å². The molecule has 14 heteroatoms. The predicted octanol–water partition coefficient (Wildman–Crippen LogP) is 5.52. The van der Waals surface area contributed by atoms with Crippen molar-refractivity contribution in [3.63, 3.8) is 0 Å². The number of carboxylic acids is 1. The van der Waals surface area contributed by atoms with E-state index in [4.69, 9.17) is 0 Å². The van der Waals surface area contributed by atoms with Crippen LogP contribution in [0.4, 0.5) is 23.8 Å². The Balaban J connectivity index is 1.69. The molecule has 3 aromatic heterocycles. The van der Waals surface area contributed by atoms with Crippen molar-refractivity contribution >= 4 is 40.1 Å². The van der Waals surface area contributed by atoms with Gasteiger partial charge in [-0.1, -0.05) is 18.9 Å². The second-order valence-corrected chi connectivity index (χ2v) is 10.7. The number of nitrogens with zero attached hydrogens (tertiary/aromatic N) is 3. The molecule has 1 unspecified atom stereocenters. The van der Waals surface area contributed by atoms with Crippen molar-refractivity contribution in [2.24, 2.45) is 0 Å². The second-order valence-electron chi connectivity index (χ2n) is 9.87. The van der Waals surface area contributed by atoms with E-state index in [1.807, 2.05) is 0 Å². The lowest BCUT2D eigenvalue weighted by atomic mass is 9.91. The van der Waals surface area contributed by atoms with Gasteiger partial charge in [0.25, 0.3) is 0 Å². The van der Waals surface area contributed by atoms with E-state index < -0.39 is 47.0 Å². The van der Waals surface area contributed by atoms with Crippen LogP contribution in [0.15, 0.2) is 46.8 Å². The first-order valence-electron chi connectivity index (χ1n) is 13.2. The number of aromatic nitrogens is 3. The zero-order valence-corrected chi connectivity index (χ0v) is 23.1. The lowest BCUT2D eigenvalue weighted by Gasteiger charge is -2.31. The van der Waals surface area contributed by atoms with Crippen LogP contribution in [0.2, 0.25) is 0 Å². The Kier molecular flexibility index (Phi) is 8.01. The highest BCUT2D eigenvalue weighted by Crippen LogP contribution is 2.39. The van der Waals surface area contributed by atoms with Crippen LogP contribution >= 0.6 is 11.3 Å². The van der Waals surface area contributed by atoms with Gasteiger partial charge in [0.05, 0.1) is 17.7 Å². The number of aliphatic hydroxyl groups is 1. The number of benzene rings is 1. The van der Waals surface area contributed by atoms with Gasteiger partial charge in [-0.3, -0.25) is 10.1 Å². The normalized spacial score (nSPS) is 17.3. The first-order chi connectivity index (χ1) is 20.0. The number of carbonyl (C=O) groups is 2. The Bertz CT molecular complexity index is 1740. The monoisotopic (exact) mass is 601 g/mol. The van der Waals surface area contributed by atoms with Crippen molar-refractivity contribution in [3.05, 3.63) is 63.5 Å². The molecule has 5 rings (SSSR count). The number of halogens is 3. The molecular formula is C28H26F3N5O5S. The lowest BCUT2D eigenvalue weighted by Crippen LogP contribution is -2.30. The highest BCUT2D eigenvalue weighted by molar-refractivity contribution is 7.13. The summed E-state index contributed by atoms with van der Waals surface area (Å²) in [6.07, 6.45) is 0.00674. The van der Waals surface area contributed by atoms with Crippen molar-refractivity contribution in [2.45, 2.75) is 50.9 Å². The largest absolute Gasteiger partial charge is 0.477 e. The van der Waals surface area contributed by atoms with E-state index in [0.29, 0.717) is 36.0 Å². The van der Waals surface area contributed by atoms with Gasteiger partial charge in [0.1, 0.15) is 16.4 Å². The number of aliphatic hydroxyl groups excluding tert-OH is 1. The predicted molar refractivity (Wildman–Crippen MR) is 151 cm³/mol. The second kappa shape index (κ2) is 11.5. The van der Waals surface area contributed by atoms with Gasteiger partial charge in [0, 0.05) is 40.8 Å². The highest BCUT2D eigenvalue weighted by Gasteiger charge is 2.34. The van der Waals surface area contributed by atoms with E-state index in [-0.39, 0.29) is 21.8 Å². The third-order valence-electron chi connectivity index (χ3n) is 7.13. The number of carboxylic acid groups (broad SMARTS) is 1. The van der Waals surface area contributed by atoms with E-state index >= 15 is 0 Å². The van der Waals surface area contributed by atoms with Gasteiger partial charge in [-0.05, 0) is 43.5 Å². The van der Waals surface area contributed by atoms with Crippen LogP contribution in [0, 0.1) is 0 Å². The number of urea groups is 1. The summed E-state index contributed by atoms with van der Waals surface area (Å²) in [5, 5.41) is 26.5. The van der Waals surface area contributed by atoms with Crippen LogP contribution in [0.1, 0.15) is 54.7 Å². The van der Waals surface area contributed by atoms with E-state index in [9.17, 15) is 37.8 Å². The number of hydrogen-bond acceptors (Lipinski definition) is 7. The van der Waals surface area contributed by atoms with Crippen molar-refractivity contribution in [2.75, 3.05) is 11.9 Å². The minimum Gasteiger partial charge on any atom is -0.477 e. The average molecular weight is 602 g/mol. The fourth-order valence-electron chi connectivity index (χ4n) is 5.15. The molecule has 2 atom stereocenters. The molecule has 3 heterocycles. The number of carbonyl (C=O) groups excluding carboxylic acids is 1. The van der Waals surface area contributed by atoms with Crippen LogP contribution in [0.25, 0.3) is 32.6 Å². The topological polar surface area (TPSA) is 146 Å². The molecule has 1 fully saturated rings. The van der Waals surface area contributed by atoms with Crippen LogP contribution in [0.3, 0.4) is 0 Å². The van der Waals surface area contributed by atoms with E-state index in [0.717, 1.165) is 29.6 Å². The van der Waals surface area contributed by atoms with Crippen molar-refractivity contribution in [1.29, 1.82) is 0 Å². The standard InChI is InChI=1S/C28H26F3N5O5S/c1-2-32-27(41)35-23-10-15(25-34-22(13-42-25)28(29,30)31)17(11-33-23)14-7-8-19-16(9-14)24(38)18(26(39)40)12-36(19)20-5-3-4-6-21(20)37/h7-13,20-21,37H,2-6H2,1H3,(H,39,40)(H2,32,33,35,41)/t20?,21-/m0/s1. The third kappa shape index (κ3) is 5.72. The summed E-state index contributed by atoms with van der Waals surface area (Å²) in [7, 11) is 0. The Morgan fingerprint density at radius 1 is 1.17 bits per heavy atom. The molecule has 0 spiro atoms. The molecule has 1 saturated carbocycles. The molecule has 2 amide bonds. The van der Waals surface area contributed by atoms with Crippen molar-refractivity contribution in [1.82, 2.24) is 19.9 Å². The minimum absolute atomic E-state index is 0.000738. The molecule has 0 bridgehead atoms. The molecule has 4 aromatic rings. The van der Waals surface area contributed by atoms with Gasteiger partial charge < -0.3 is 20.1 Å². The molecular weight excluding hydrogens is 575 g/mol. The number of anilines is 1. The first-order valence-corrected chi connectivity index (χ1v) is 14.0. The van der Waals surface area contributed by atoms with Crippen LogP contribution in [0.5, 0.6) is 0 Å². The average Bonchev–Trinajstić information content (AvgIpc) is 3.45. The van der Waals surface area contributed by atoms with Gasteiger partial charge in [-0.2, -0.15) is 13.2 Å². The maximum absolute atomic E-state index is 13.4. The number of pyridine rings is 2. The Labute approximate surface area is 240 Å². The summed E-state index contributed by atoms with van der Waals surface area (Å²) in [5.74, 6) is -1.36. The summed E-state index contributed by atoms with van der Waals surface area (Å²) in [4.78, 5) is 45.4. The number of alkyl halides is 3. The molecule has 0 radical (unpaired) electrons. The van der Waals surface area contributed by atoms with E-state index in [1.54, 1.807) is 23.6 Å². The van der Waals surface area contributed by atoms with Gasteiger partial charge in [0.15, 0.2) is 5.69 Å². The maximum atomic E-state index is 13.4. The number of hydrogen-bond donors (Lipinski definition) is 4. The summed E-state index contributed by atoms with van der Waals surface area (Å²) in [5.41, 5.74) is -0.974. The highest BCUT2D eigenvalue weighted by atomic mass is 32.1. The fraction of sp³-hybridized carbons (Fsp3) is 0.321. The Morgan fingerprint density at radius 3 is 2.60 bits per heavy atom. The third-order valence-corrected chi connectivity index (χ3v) is 8.01. The molecule has 4 N–H and O–H groups in total. The van der Waals surface area contributed by atoms with Gasteiger partial charge in [-0.25, -0.2) is 19.6 Å². The number of fused-ring (bicyclic) bond motifs is 1. The quantitative estimate of drug-likeness (QED) is 0.228. The Hall–Kier alpha value is -4.30. The number of nitrogens with one attached hydrogen (secondary N) is 2. The SMILES string of the molecule is CCNC(=O)Nc1cc(-c2nc(C(F)(F)F)cs2)c(-c2ccc3c(c2)c(=O)c(C(=O)O)cn3C2CCCC[C@@H]2O)cn1. The van der Waals surface area contributed by atoms with Gasteiger partial charge in [-0.15, -0.1) is 11.3 Å². The zero-order chi connectivity index (χ0) is 30.2. The summed E-state index contributed by atoms with van der Waals surface area (Å²) < 4.78 is 41.8. The molecule has 0 aliphatic heterocycles. The minimum atomic E-state index is -4.67. The summed E-state index contributed by atoms with van der Waals surface area (Å²) >= 11 is 0.752. The molecule has 1 aromatic carbocycles. The number of aromatic carboxylic acids is 1. The lowest BCUT2D eigenvalue weighted by molar-refractivity contribution is -0.140. The van der Waals surface area contributed by atoms with Gasteiger partial charge >= 0.3 is 18.2 Å². The molecule has 220 valence electrons. The molecule has 1 aliphatic carbocycles. The maximum Gasteiger partial charge on any atom is 0.434 e. The Morgan fingerprint density at radius 2 is 1.93 bits per heavy atom. The van der Waals surface area contributed by atoms with Crippen molar-refractivity contribution < 1.29 is 33.0 Å². The molecule has 0 saturated heterocycles. The van der Waals surface area contributed by atoms with Crippen LogP contribution in [-0.4, -0.2) is 49.4 Å². The summed E-state index contributed by atoms with van der Waals surface area (Å²) in [6.45, 7) is 2.05. The number of amides is 2. The van der Waals surface area contributed by atoms with Crippen molar-refractivity contribution in [3.8, 4) is 21.7 Å². The molecule has 42 heavy (non-hydrogen) atoms. The first kappa shape index (κ1) is 29.2. The number of rotatable bonds is 6. The molecule has 10 nitrogen and oxygen atoms in total.